The second-order valence-corrected chi connectivity index (χ2v) is 6.07. The Morgan fingerprint density at radius 1 is 1.24 bits per heavy atom. The molecule has 21 heavy (non-hydrogen) atoms. The van der Waals surface area contributed by atoms with Gasteiger partial charge in [-0.3, -0.25) is 0 Å². The van der Waals surface area contributed by atoms with Crippen LogP contribution in [0.1, 0.15) is 24.8 Å². The third-order valence-corrected chi connectivity index (χ3v) is 4.23. The number of methoxy groups -OCH3 is 1. The molecule has 2 atom stereocenters. The highest BCUT2D eigenvalue weighted by Crippen LogP contribution is 2.41. The minimum Gasteiger partial charge on any atom is -0.497 e. The monoisotopic (exact) mass is 291 g/mol. The predicted octanol–water partition coefficient (Wildman–Crippen LogP) is 1.92. The molecule has 0 amide bonds. The van der Waals surface area contributed by atoms with Crippen LogP contribution in [0.3, 0.4) is 0 Å². The molecule has 1 aromatic rings. The molecule has 0 radical (unpaired) electrons. The fourth-order valence-electron chi connectivity index (χ4n) is 3.03. The molecule has 116 valence electrons. The molecule has 1 aliphatic rings. The molecular weight excluding hydrogens is 266 g/mol. The number of hydrogen-bond acceptors (Lipinski definition) is 4. The van der Waals surface area contributed by atoms with Crippen LogP contribution in [0.5, 0.6) is 5.75 Å². The summed E-state index contributed by atoms with van der Waals surface area (Å²) in [6, 6.07) is 7.30. The second kappa shape index (κ2) is 6.18. The first-order valence-corrected chi connectivity index (χ1v) is 7.30. The van der Waals surface area contributed by atoms with Gasteiger partial charge in [0, 0.05) is 6.54 Å². The smallest absolute Gasteiger partial charge is 0.131 e. The molecule has 0 aromatic heterocycles. The number of likely N-dealkylation sites (N-methyl/N-ethyl adjacent to an activating group) is 1. The SMILES string of the molecule is COc1ccc(C(O)(CN(C)C)C2(O)CC=CCC2)cc1. The van der Waals surface area contributed by atoms with Crippen molar-refractivity contribution in [2.75, 3.05) is 27.7 Å². The molecule has 0 fully saturated rings. The first kappa shape index (κ1) is 16.0. The van der Waals surface area contributed by atoms with E-state index in [0.29, 0.717) is 19.4 Å². The maximum Gasteiger partial charge on any atom is 0.131 e. The van der Waals surface area contributed by atoms with Gasteiger partial charge in [-0.05, 0) is 51.1 Å². The summed E-state index contributed by atoms with van der Waals surface area (Å²) in [4.78, 5) is 1.90. The number of hydrogen-bond donors (Lipinski definition) is 2. The molecule has 4 heteroatoms. The van der Waals surface area contributed by atoms with Crippen LogP contribution < -0.4 is 4.74 Å². The van der Waals surface area contributed by atoms with Crippen LogP contribution in [-0.4, -0.2) is 48.5 Å². The summed E-state index contributed by atoms with van der Waals surface area (Å²) >= 11 is 0. The Morgan fingerprint density at radius 2 is 1.90 bits per heavy atom. The first-order valence-electron chi connectivity index (χ1n) is 7.30. The van der Waals surface area contributed by atoms with E-state index in [4.69, 9.17) is 4.74 Å². The Kier molecular flexibility index (Phi) is 4.71. The number of ether oxygens (including phenoxy) is 1. The van der Waals surface area contributed by atoms with Crippen LogP contribution in [0.15, 0.2) is 36.4 Å². The molecule has 1 aliphatic carbocycles. The van der Waals surface area contributed by atoms with Crippen molar-refractivity contribution in [3.05, 3.63) is 42.0 Å². The van der Waals surface area contributed by atoms with Crippen LogP contribution in [0.4, 0.5) is 0 Å². The molecule has 2 rings (SSSR count). The quantitative estimate of drug-likeness (QED) is 0.814. The van der Waals surface area contributed by atoms with E-state index in [1.165, 1.54) is 0 Å². The van der Waals surface area contributed by atoms with Crippen LogP contribution in [0.2, 0.25) is 0 Å². The van der Waals surface area contributed by atoms with Crippen molar-refractivity contribution in [3.63, 3.8) is 0 Å². The van der Waals surface area contributed by atoms with E-state index in [1.807, 2.05) is 49.3 Å². The van der Waals surface area contributed by atoms with Crippen LogP contribution in [0.25, 0.3) is 0 Å². The topological polar surface area (TPSA) is 52.9 Å². The summed E-state index contributed by atoms with van der Waals surface area (Å²) in [5.74, 6) is 0.737. The molecule has 0 bridgehead atoms. The Labute approximate surface area is 126 Å². The molecule has 0 saturated heterocycles. The summed E-state index contributed by atoms with van der Waals surface area (Å²) in [6.07, 6.45) is 5.80. The second-order valence-electron chi connectivity index (χ2n) is 6.07. The number of rotatable bonds is 5. The van der Waals surface area contributed by atoms with Crippen molar-refractivity contribution in [2.45, 2.75) is 30.5 Å². The van der Waals surface area contributed by atoms with Gasteiger partial charge in [-0.2, -0.15) is 0 Å². The molecule has 0 heterocycles. The van der Waals surface area contributed by atoms with E-state index < -0.39 is 11.2 Å². The molecular formula is C17H25NO3. The fourth-order valence-corrected chi connectivity index (χ4v) is 3.03. The largest absolute Gasteiger partial charge is 0.497 e. The van der Waals surface area contributed by atoms with Crippen molar-refractivity contribution < 1.29 is 14.9 Å². The van der Waals surface area contributed by atoms with Gasteiger partial charge < -0.3 is 19.8 Å². The average Bonchev–Trinajstić information content (AvgIpc) is 2.47. The van der Waals surface area contributed by atoms with Crippen molar-refractivity contribution in [2.24, 2.45) is 0 Å². The van der Waals surface area contributed by atoms with Gasteiger partial charge in [0.2, 0.25) is 0 Å². The third-order valence-electron chi connectivity index (χ3n) is 4.23. The summed E-state index contributed by atoms with van der Waals surface area (Å²) in [6.45, 7) is 0.365. The lowest BCUT2D eigenvalue weighted by atomic mass is 9.71. The predicted molar refractivity (Wildman–Crippen MR) is 83.4 cm³/mol. The highest BCUT2D eigenvalue weighted by Gasteiger charge is 2.50. The van der Waals surface area contributed by atoms with Crippen LogP contribution in [0, 0.1) is 0 Å². The van der Waals surface area contributed by atoms with E-state index in [9.17, 15) is 10.2 Å². The van der Waals surface area contributed by atoms with E-state index in [1.54, 1.807) is 7.11 Å². The summed E-state index contributed by atoms with van der Waals surface area (Å²) in [7, 11) is 5.41. The molecule has 1 aromatic carbocycles. The Bertz CT molecular complexity index is 497. The summed E-state index contributed by atoms with van der Waals surface area (Å²) in [5.41, 5.74) is -1.75. The van der Waals surface area contributed by atoms with Crippen molar-refractivity contribution >= 4 is 0 Å². The number of benzene rings is 1. The number of aliphatic hydroxyl groups is 2. The van der Waals surface area contributed by atoms with E-state index in [0.717, 1.165) is 17.7 Å². The lowest BCUT2D eigenvalue weighted by Gasteiger charge is -2.46. The van der Waals surface area contributed by atoms with Gasteiger partial charge in [0.1, 0.15) is 17.0 Å². The molecule has 0 aliphatic heterocycles. The zero-order valence-corrected chi connectivity index (χ0v) is 13.0. The van der Waals surface area contributed by atoms with Crippen LogP contribution in [-0.2, 0) is 5.60 Å². The van der Waals surface area contributed by atoms with E-state index >= 15 is 0 Å². The summed E-state index contributed by atoms with van der Waals surface area (Å²) in [5, 5.41) is 22.4. The maximum absolute atomic E-state index is 11.3. The van der Waals surface area contributed by atoms with Crippen LogP contribution >= 0.6 is 0 Å². The van der Waals surface area contributed by atoms with Gasteiger partial charge in [-0.25, -0.2) is 0 Å². The molecule has 0 saturated carbocycles. The van der Waals surface area contributed by atoms with Crippen molar-refractivity contribution in [3.8, 4) is 5.75 Å². The fraction of sp³-hybridized carbons (Fsp3) is 0.529. The van der Waals surface area contributed by atoms with Crippen molar-refractivity contribution in [1.82, 2.24) is 4.90 Å². The molecule has 4 nitrogen and oxygen atoms in total. The normalized spacial score (nSPS) is 24.9. The molecule has 0 spiro atoms. The van der Waals surface area contributed by atoms with E-state index in [-0.39, 0.29) is 0 Å². The minimum atomic E-state index is -1.31. The molecule has 2 N–H and O–H groups in total. The lowest BCUT2D eigenvalue weighted by molar-refractivity contribution is -0.170. The summed E-state index contributed by atoms with van der Waals surface area (Å²) < 4.78 is 5.17. The third kappa shape index (κ3) is 3.12. The highest BCUT2D eigenvalue weighted by molar-refractivity contribution is 5.34. The minimum absolute atomic E-state index is 0.365. The highest BCUT2D eigenvalue weighted by atomic mass is 16.5. The Balaban J connectivity index is 2.42. The van der Waals surface area contributed by atoms with E-state index in [2.05, 4.69) is 6.08 Å². The van der Waals surface area contributed by atoms with Gasteiger partial charge in [-0.15, -0.1) is 0 Å². The Morgan fingerprint density at radius 3 is 2.38 bits per heavy atom. The van der Waals surface area contributed by atoms with Crippen molar-refractivity contribution in [1.29, 1.82) is 0 Å². The first-order chi connectivity index (χ1) is 9.91. The Hall–Kier alpha value is -1.36. The van der Waals surface area contributed by atoms with Gasteiger partial charge in [-0.1, -0.05) is 24.3 Å². The van der Waals surface area contributed by atoms with Gasteiger partial charge in [0.15, 0.2) is 0 Å². The van der Waals surface area contributed by atoms with Gasteiger partial charge in [0.25, 0.3) is 0 Å². The zero-order valence-electron chi connectivity index (χ0n) is 13.0. The lowest BCUT2D eigenvalue weighted by Crippen LogP contribution is -2.57. The number of allylic oxidation sites excluding steroid dienone is 1. The maximum atomic E-state index is 11.3. The molecule has 2 unspecified atom stereocenters. The average molecular weight is 291 g/mol. The zero-order chi connectivity index (χ0) is 15.5. The van der Waals surface area contributed by atoms with Gasteiger partial charge in [0.05, 0.1) is 7.11 Å². The van der Waals surface area contributed by atoms with Gasteiger partial charge >= 0.3 is 0 Å². The number of nitrogens with zero attached hydrogens (tertiary/aromatic N) is 1. The standard InChI is InChI=1S/C17H25NO3/c1-18(2)13-17(20,16(19)11-5-4-6-12-16)14-7-9-15(21-3)10-8-14/h4-5,7-10,19-20H,6,11-13H2,1-3H3.